The SMILES string of the molecule is CC(C)(C)N(C(=O)O)[C@@H](Cc1ccccc1)C(=O)NNC(=O)c1ccccc1. The van der Waals surface area contributed by atoms with Crippen LogP contribution in [0.4, 0.5) is 4.79 Å². The molecule has 3 amide bonds. The maximum absolute atomic E-state index is 12.8. The lowest BCUT2D eigenvalue weighted by molar-refractivity contribution is -0.128. The summed E-state index contributed by atoms with van der Waals surface area (Å²) in [6.07, 6.45) is -1.03. The Morgan fingerprint density at radius 1 is 0.929 bits per heavy atom. The van der Waals surface area contributed by atoms with Crippen LogP contribution >= 0.6 is 0 Å². The Morgan fingerprint density at radius 3 is 1.96 bits per heavy atom. The van der Waals surface area contributed by atoms with E-state index in [2.05, 4.69) is 10.9 Å². The lowest BCUT2D eigenvalue weighted by Gasteiger charge is -2.38. The van der Waals surface area contributed by atoms with Gasteiger partial charge < -0.3 is 5.11 Å². The van der Waals surface area contributed by atoms with Gasteiger partial charge in [-0.2, -0.15) is 0 Å². The molecular weight excluding hydrogens is 358 g/mol. The molecule has 2 rings (SSSR count). The number of nitrogens with zero attached hydrogens (tertiary/aromatic N) is 1. The van der Waals surface area contributed by atoms with Gasteiger partial charge in [0.2, 0.25) is 0 Å². The highest BCUT2D eigenvalue weighted by Crippen LogP contribution is 2.20. The van der Waals surface area contributed by atoms with Crippen molar-refractivity contribution in [1.82, 2.24) is 15.8 Å². The molecule has 0 fully saturated rings. The molecule has 148 valence electrons. The van der Waals surface area contributed by atoms with Gasteiger partial charge in [-0.05, 0) is 38.5 Å². The van der Waals surface area contributed by atoms with Crippen molar-refractivity contribution in [3.05, 3.63) is 71.8 Å². The minimum atomic E-state index is -1.21. The number of hydrazine groups is 1. The normalized spacial score (nSPS) is 12.0. The van der Waals surface area contributed by atoms with E-state index in [1.165, 1.54) is 0 Å². The zero-order valence-corrected chi connectivity index (χ0v) is 16.2. The average molecular weight is 383 g/mol. The summed E-state index contributed by atoms with van der Waals surface area (Å²) in [5.41, 5.74) is 5.10. The number of hydrogen-bond acceptors (Lipinski definition) is 3. The van der Waals surface area contributed by atoms with E-state index in [-0.39, 0.29) is 6.42 Å². The van der Waals surface area contributed by atoms with Crippen LogP contribution in [0.2, 0.25) is 0 Å². The molecule has 7 nitrogen and oxygen atoms in total. The Balaban J connectivity index is 2.20. The van der Waals surface area contributed by atoms with E-state index in [1.807, 2.05) is 30.3 Å². The van der Waals surface area contributed by atoms with Gasteiger partial charge >= 0.3 is 6.09 Å². The Morgan fingerprint density at radius 2 is 1.46 bits per heavy atom. The van der Waals surface area contributed by atoms with Crippen molar-refractivity contribution < 1.29 is 19.5 Å². The van der Waals surface area contributed by atoms with Gasteiger partial charge in [0.05, 0.1) is 0 Å². The molecule has 2 aromatic rings. The number of amides is 3. The molecule has 0 unspecified atom stereocenters. The van der Waals surface area contributed by atoms with Crippen LogP contribution in [-0.4, -0.2) is 39.5 Å². The van der Waals surface area contributed by atoms with Gasteiger partial charge in [-0.3, -0.25) is 25.3 Å². The number of hydrogen-bond donors (Lipinski definition) is 3. The fourth-order valence-corrected chi connectivity index (χ4v) is 2.89. The first kappa shape index (κ1) is 21.0. The fraction of sp³-hybridized carbons (Fsp3) is 0.286. The Hall–Kier alpha value is -3.35. The summed E-state index contributed by atoms with van der Waals surface area (Å²) in [6.45, 7) is 5.15. The van der Waals surface area contributed by atoms with Crippen LogP contribution in [0, 0.1) is 0 Å². The molecule has 0 aromatic heterocycles. The van der Waals surface area contributed by atoms with Crippen molar-refractivity contribution in [2.75, 3.05) is 0 Å². The third-order valence-corrected chi connectivity index (χ3v) is 4.15. The van der Waals surface area contributed by atoms with Gasteiger partial charge in [0.25, 0.3) is 11.8 Å². The highest BCUT2D eigenvalue weighted by Gasteiger charge is 2.37. The van der Waals surface area contributed by atoms with E-state index < -0.39 is 29.5 Å². The first-order chi connectivity index (χ1) is 13.2. The molecule has 0 heterocycles. The molecule has 1 atom stereocenters. The molecule has 0 aliphatic rings. The van der Waals surface area contributed by atoms with Crippen molar-refractivity contribution in [3.63, 3.8) is 0 Å². The molecule has 0 saturated heterocycles. The van der Waals surface area contributed by atoms with Crippen molar-refractivity contribution in [3.8, 4) is 0 Å². The van der Waals surface area contributed by atoms with E-state index >= 15 is 0 Å². The first-order valence-corrected chi connectivity index (χ1v) is 8.91. The molecule has 0 saturated carbocycles. The first-order valence-electron chi connectivity index (χ1n) is 8.91. The number of nitrogens with one attached hydrogen (secondary N) is 2. The molecule has 7 heteroatoms. The number of rotatable bonds is 5. The third-order valence-electron chi connectivity index (χ3n) is 4.15. The van der Waals surface area contributed by atoms with Crippen molar-refractivity contribution in [2.45, 2.75) is 38.8 Å². The highest BCUT2D eigenvalue weighted by molar-refractivity contribution is 5.96. The van der Waals surface area contributed by atoms with E-state index in [9.17, 15) is 19.5 Å². The highest BCUT2D eigenvalue weighted by atomic mass is 16.4. The van der Waals surface area contributed by atoms with Gasteiger partial charge in [-0.15, -0.1) is 0 Å². The number of benzene rings is 2. The standard InChI is InChI=1S/C21H25N3O4/c1-21(2,3)24(20(27)28)17(14-15-10-6-4-7-11-15)19(26)23-22-18(25)16-12-8-5-9-13-16/h4-13,17H,14H2,1-3H3,(H,22,25)(H,23,26)(H,27,28)/t17-/m0/s1. The zero-order chi connectivity index (χ0) is 20.7. The monoisotopic (exact) mass is 383 g/mol. The molecule has 28 heavy (non-hydrogen) atoms. The molecule has 0 radical (unpaired) electrons. The van der Waals surface area contributed by atoms with Crippen molar-refractivity contribution >= 4 is 17.9 Å². The van der Waals surface area contributed by atoms with Crippen molar-refractivity contribution in [2.24, 2.45) is 0 Å². The summed E-state index contributed by atoms with van der Waals surface area (Å²) in [5.74, 6) is -1.09. The van der Waals surface area contributed by atoms with Crippen LogP contribution < -0.4 is 10.9 Å². The molecule has 0 bridgehead atoms. The summed E-state index contributed by atoms with van der Waals surface area (Å²) in [5, 5.41) is 9.72. The molecule has 0 spiro atoms. The number of carbonyl (C=O) groups excluding carboxylic acids is 2. The lowest BCUT2D eigenvalue weighted by atomic mass is 9.98. The van der Waals surface area contributed by atoms with Gasteiger partial charge in [-0.25, -0.2) is 4.79 Å². The van der Waals surface area contributed by atoms with Gasteiger partial charge in [0.1, 0.15) is 6.04 Å². The van der Waals surface area contributed by atoms with Gasteiger partial charge in [0, 0.05) is 17.5 Å². The second-order valence-corrected chi connectivity index (χ2v) is 7.34. The summed E-state index contributed by atoms with van der Waals surface area (Å²) in [7, 11) is 0. The summed E-state index contributed by atoms with van der Waals surface area (Å²) in [6, 6.07) is 16.5. The summed E-state index contributed by atoms with van der Waals surface area (Å²) in [4.78, 5) is 38.0. The van der Waals surface area contributed by atoms with E-state index in [4.69, 9.17) is 0 Å². The van der Waals surface area contributed by atoms with Crippen LogP contribution in [0.15, 0.2) is 60.7 Å². The topological polar surface area (TPSA) is 98.7 Å². The second-order valence-electron chi connectivity index (χ2n) is 7.34. The number of carbonyl (C=O) groups is 3. The largest absolute Gasteiger partial charge is 0.465 e. The summed E-state index contributed by atoms with van der Waals surface area (Å²) >= 11 is 0. The Bertz CT molecular complexity index is 817. The maximum Gasteiger partial charge on any atom is 0.408 e. The second kappa shape index (κ2) is 9.03. The predicted octanol–water partition coefficient (Wildman–Crippen LogP) is 2.84. The minimum Gasteiger partial charge on any atom is -0.465 e. The van der Waals surface area contributed by atoms with Crippen LogP contribution in [0.25, 0.3) is 0 Å². The van der Waals surface area contributed by atoms with E-state index in [0.29, 0.717) is 5.56 Å². The third kappa shape index (κ3) is 5.57. The zero-order valence-electron chi connectivity index (χ0n) is 16.2. The van der Waals surface area contributed by atoms with Crippen LogP contribution in [0.1, 0.15) is 36.7 Å². The number of carboxylic acid groups (broad SMARTS) is 1. The summed E-state index contributed by atoms with van der Waals surface area (Å²) < 4.78 is 0. The molecular formula is C21H25N3O4. The maximum atomic E-state index is 12.8. The fourth-order valence-electron chi connectivity index (χ4n) is 2.89. The van der Waals surface area contributed by atoms with Crippen molar-refractivity contribution in [1.29, 1.82) is 0 Å². The predicted molar refractivity (Wildman–Crippen MR) is 106 cm³/mol. The van der Waals surface area contributed by atoms with Gasteiger partial charge in [0.15, 0.2) is 0 Å². The van der Waals surface area contributed by atoms with Crippen LogP contribution in [0.5, 0.6) is 0 Å². The quantitative estimate of drug-likeness (QED) is 0.692. The minimum absolute atomic E-state index is 0.178. The molecule has 2 aromatic carbocycles. The van der Waals surface area contributed by atoms with E-state index in [1.54, 1.807) is 51.1 Å². The smallest absolute Gasteiger partial charge is 0.408 e. The Kier molecular flexibility index (Phi) is 6.76. The molecule has 0 aliphatic carbocycles. The molecule has 0 aliphatic heterocycles. The van der Waals surface area contributed by atoms with E-state index in [0.717, 1.165) is 10.5 Å². The van der Waals surface area contributed by atoms with Gasteiger partial charge in [-0.1, -0.05) is 48.5 Å². The van der Waals surface area contributed by atoms with Crippen LogP contribution in [-0.2, 0) is 11.2 Å². The Labute approximate surface area is 164 Å². The molecule has 3 N–H and O–H groups in total. The lowest BCUT2D eigenvalue weighted by Crippen LogP contribution is -2.59. The van der Waals surface area contributed by atoms with Crippen LogP contribution in [0.3, 0.4) is 0 Å². The average Bonchev–Trinajstić information content (AvgIpc) is 2.65.